The fourth-order valence-corrected chi connectivity index (χ4v) is 4.42. The van der Waals surface area contributed by atoms with Crippen LogP contribution in [0.15, 0.2) is 16.3 Å². The van der Waals surface area contributed by atoms with E-state index in [1.165, 1.54) is 16.4 Å². The Kier molecular flexibility index (Phi) is 4.29. The Bertz CT molecular complexity index is 504. The molecular weight excluding hydrogens is 262 g/mol. The minimum atomic E-state index is -3.57. The van der Waals surface area contributed by atoms with Gasteiger partial charge in [-0.05, 0) is 26.0 Å². The van der Waals surface area contributed by atoms with Gasteiger partial charge in [0.25, 0.3) is 10.0 Å². The molecule has 0 saturated carbocycles. The molecule has 1 heterocycles. The van der Waals surface area contributed by atoms with E-state index in [1.807, 2.05) is 0 Å². The van der Waals surface area contributed by atoms with Gasteiger partial charge in [0.15, 0.2) is 0 Å². The molecule has 0 bridgehead atoms. The van der Waals surface area contributed by atoms with E-state index < -0.39 is 16.0 Å². The second-order valence-corrected chi connectivity index (χ2v) is 6.93. The molecule has 0 atom stereocenters. The van der Waals surface area contributed by atoms with Gasteiger partial charge in [-0.2, -0.15) is 4.31 Å². The van der Waals surface area contributed by atoms with Crippen LogP contribution in [0.4, 0.5) is 0 Å². The van der Waals surface area contributed by atoms with Crippen molar-refractivity contribution >= 4 is 27.3 Å². The molecule has 0 saturated heterocycles. The lowest BCUT2D eigenvalue weighted by Gasteiger charge is -2.23. The molecule has 5 nitrogen and oxygen atoms in total. The molecule has 0 aliphatic carbocycles. The van der Waals surface area contributed by atoms with Crippen molar-refractivity contribution in [1.82, 2.24) is 4.31 Å². The monoisotopic (exact) mass is 277 g/mol. The average Bonchev–Trinajstić information content (AvgIpc) is 2.66. The third-order valence-corrected chi connectivity index (χ3v) is 5.93. The van der Waals surface area contributed by atoms with E-state index in [-0.39, 0.29) is 15.1 Å². The van der Waals surface area contributed by atoms with Crippen LogP contribution in [-0.2, 0) is 10.0 Å². The van der Waals surface area contributed by atoms with Crippen LogP contribution in [0.25, 0.3) is 0 Å². The van der Waals surface area contributed by atoms with Gasteiger partial charge in [-0.3, -0.25) is 0 Å². The van der Waals surface area contributed by atoms with Gasteiger partial charge in [-0.15, -0.1) is 11.3 Å². The summed E-state index contributed by atoms with van der Waals surface area (Å²) in [6.07, 6.45) is 0. The minimum absolute atomic E-state index is 0.0309. The molecule has 0 unspecified atom stereocenters. The third kappa shape index (κ3) is 2.85. The Labute approximate surface area is 105 Å². The van der Waals surface area contributed by atoms with Crippen molar-refractivity contribution in [2.75, 3.05) is 6.54 Å². The number of thiophene rings is 1. The maximum absolute atomic E-state index is 12.2. The summed E-state index contributed by atoms with van der Waals surface area (Å²) in [5.74, 6) is -1.11. The van der Waals surface area contributed by atoms with Gasteiger partial charge >= 0.3 is 5.97 Å². The standard InChI is InChI=1S/C10H15NO4S2/c1-4-11(7(2)3)17(14,15)9-6-5-8(16-9)10(12)13/h5-7H,4H2,1-3H3,(H,12,13). The zero-order valence-corrected chi connectivity index (χ0v) is 11.5. The minimum Gasteiger partial charge on any atom is -0.477 e. The third-order valence-electron chi connectivity index (χ3n) is 2.24. The average molecular weight is 277 g/mol. The molecule has 0 aliphatic heterocycles. The van der Waals surface area contributed by atoms with Crippen LogP contribution in [0, 0.1) is 0 Å². The zero-order chi connectivity index (χ0) is 13.2. The summed E-state index contributed by atoms with van der Waals surface area (Å²) < 4.78 is 25.8. The number of aromatic carboxylic acids is 1. The van der Waals surface area contributed by atoms with Crippen molar-refractivity contribution in [2.45, 2.75) is 31.0 Å². The predicted octanol–water partition coefficient (Wildman–Crippen LogP) is 1.87. The van der Waals surface area contributed by atoms with Crippen molar-refractivity contribution < 1.29 is 18.3 Å². The molecule has 1 rings (SSSR count). The number of sulfonamides is 1. The maximum atomic E-state index is 12.2. The second-order valence-electron chi connectivity index (χ2n) is 3.73. The van der Waals surface area contributed by atoms with Crippen LogP contribution in [0.3, 0.4) is 0 Å². The summed E-state index contributed by atoms with van der Waals surface area (Å²) in [4.78, 5) is 10.7. The number of carboxylic acid groups (broad SMARTS) is 1. The summed E-state index contributed by atoms with van der Waals surface area (Å²) >= 11 is 0.780. The first-order valence-electron chi connectivity index (χ1n) is 5.15. The summed E-state index contributed by atoms with van der Waals surface area (Å²) in [5.41, 5.74) is 0. The summed E-state index contributed by atoms with van der Waals surface area (Å²) in [5, 5.41) is 8.77. The second kappa shape index (κ2) is 5.16. The van der Waals surface area contributed by atoms with Gasteiger partial charge in [-0.1, -0.05) is 6.92 Å². The van der Waals surface area contributed by atoms with E-state index in [1.54, 1.807) is 20.8 Å². The Morgan fingerprint density at radius 1 is 1.47 bits per heavy atom. The molecule has 0 aromatic carbocycles. The van der Waals surface area contributed by atoms with Gasteiger partial charge in [0, 0.05) is 12.6 Å². The van der Waals surface area contributed by atoms with Crippen LogP contribution >= 0.6 is 11.3 Å². The fourth-order valence-electron chi connectivity index (χ4n) is 1.50. The molecule has 17 heavy (non-hydrogen) atoms. The number of rotatable bonds is 5. The van der Waals surface area contributed by atoms with E-state index in [0.29, 0.717) is 6.54 Å². The molecule has 96 valence electrons. The van der Waals surface area contributed by atoms with E-state index in [4.69, 9.17) is 5.11 Å². The smallest absolute Gasteiger partial charge is 0.345 e. The number of hydrogen-bond acceptors (Lipinski definition) is 4. The van der Waals surface area contributed by atoms with Gasteiger partial charge in [0.2, 0.25) is 0 Å². The summed E-state index contributed by atoms with van der Waals surface area (Å²) in [6, 6.07) is 2.50. The largest absolute Gasteiger partial charge is 0.477 e. The fraction of sp³-hybridized carbons (Fsp3) is 0.500. The molecule has 0 spiro atoms. The summed E-state index contributed by atoms with van der Waals surface area (Å²) in [6.45, 7) is 5.68. The Balaban J connectivity index is 3.16. The van der Waals surface area contributed by atoms with Crippen molar-refractivity contribution in [3.05, 3.63) is 17.0 Å². The number of carbonyl (C=O) groups is 1. The maximum Gasteiger partial charge on any atom is 0.345 e. The Morgan fingerprint density at radius 3 is 2.41 bits per heavy atom. The van der Waals surface area contributed by atoms with Gasteiger partial charge in [-0.25, -0.2) is 13.2 Å². The highest BCUT2D eigenvalue weighted by atomic mass is 32.2. The van der Waals surface area contributed by atoms with Crippen molar-refractivity contribution in [1.29, 1.82) is 0 Å². The molecule has 0 fully saturated rings. The van der Waals surface area contributed by atoms with E-state index in [9.17, 15) is 13.2 Å². The molecule has 1 aromatic rings. The lowest BCUT2D eigenvalue weighted by molar-refractivity contribution is 0.0702. The first-order valence-corrected chi connectivity index (χ1v) is 7.41. The number of hydrogen-bond donors (Lipinski definition) is 1. The van der Waals surface area contributed by atoms with E-state index in [0.717, 1.165) is 11.3 Å². The van der Waals surface area contributed by atoms with E-state index in [2.05, 4.69) is 0 Å². The van der Waals surface area contributed by atoms with E-state index >= 15 is 0 Å². The Morgan fingerprint density at radius 2 is 2.06 bits per heavy atom. The summed E-state index contributed by atoms with van der Waals surface area (Å²) in [7, 11) is -3.57. The number of nitrogens with zero attached hydrogens (tertiary/aromatic N) is 1. The first kappa shape index (κ1) is 14.1. The zero-order valence-electron chi connectivity index (χ0n) is 9.87. The molecule has 7 heteroatoms. The SMILES string of the molecule is CCN(C(C)C)S(=O)(=O)c1ccc(C(=O)O)s1. The lowest BCUT2D eigenvalue weighted by atomic mass is 10.4. The van der Waals surface area contributed by atoms with Crippen LogP contribution in [0.2, 0.25) is 0 Å². The van der Waals surface area contributed by atoms with Crippen molar-refractivity contribution in [3.8, 4) is 0 Å². The number of carboxylic acids is 1. The van der Waals surface area contributed by atoms with Crippen LogP contribution < -0.4 is 0 Å². The van der Waals surface area contributed by atoms with Gasteiger partial charge < -0.3 is 5.11 Å². The first-order chi connectivity index (χ1) is 7.80. The van der Waals surface area contributed by atoms with Crippen LogP contribution in [-0.4, -0.2) is 36.4 Å². The highest BCUT2D eigenvalue weighted by molar-refractivity contribution is 7.91. The molecule has 1 aromatic heterocycles. The van der Waals surface area contributed by atoms with Gasteiger partial charge in [0.1, 0.15) is 9.09 Å². The normalized spacial score (nSPS) is 12.3. The van der Waals surface area contributed by atoms with Crippen molar-refractivity contribution in [2.24, 2.45) is 0 Å². The van der Waals surface area contributed by atoms with Crippen LogP contribution in [0.5, 0.6) is 0 Å². The quantitative estimate of drug-likeness (QED) is 0.891. The van der Waals surface area contributed by atoms with Crippen LogP contribution in [0.1, 0.15) is 30.4 Å². The Hall–Kier alpha value is -0.920. The molecular formula is C10H15NO4S2. The molecule has 1 N–H and O–H groups in total. The molecule has 0 radical (unpaired) electrons. The van der Waals surface area contributed by atoms with Gasteiger partial charge in [0.05, 0.1) is 0 Å². The molecule has 0 amide bonds. The predicted molar refractivity (Wildman–Crippen MR) is 66.0 cm³/mol. The highest BCUT2D eigenvalue weighted by Gasteiger charge is 2.27. The lowest BCUT2D eigenvalue weighted by Crippen LogP contribution is -2.36. The highest BCUT2D eigenvalue weighted by Crippen LogP contribution is 2.25. The topological polar surface area (TPSA) is 74.7 Å². The van der Waals surface area contributed by atoms with Crippen molar-refractivity contribution in [3.63, 3.8) is 0 Å². The molecule has 0 aliphatic rings.